The van der Waals surface area contributed by atoms with Crippen LogP contribution < -0.4 is 0 Å². The average Bonchev–Trinajstić information content (AvgIpc) is 2.26. The Balaban J connectivity index is 4.58. The van der Waals surface area contributed by atoms with Crippen molar-refractivity contribution in [2.75, 3.05) is 32.6 Å². The van der Waals surface area contributed by atoms with Gasteiger partial charge in [-0.25, -0.2) is 4.52 Å². The second kappa shape index (κ2) is 8.90. The molecule has 0 heterocycles. The van der Waals surface area contributed by atoms with E-state index in [1.54, 1.807) is 0 Å². The molecule has 0 amide bonds. The van der Waals surface area contributed by atoms with Gasteiger partial charge < -0.3 is 9.47 Å². The number of nitrogens with zero attached hydrogens (tertiary/aromatic N) is 1. The van der Waals surface area contributed by atoms with Crippen molar-refractivity contribution < 1.29 is 14.0 Å². The molecular formula is C11H23NO3P+. The summed E-state index contributed by atoms with van der Waals surface area (Å²) in [5.74, 6) is 0. The zero-order chi connectivity index (χ0) is 12.4. The van der Waals surface area contributed by atoms with Crippen molar-refractivity contribution in [2.45, 2.75) is 33.2 Å². The van der Waals surface area contributed by atoms with Gasteiger partial charge in [0, 0.05) is 0 Å². The van der Waals surface area contributed by atoms with E-state index in [4.69, 9.17) is 19.3 Å². The minimum atomic E-state index is -1.80. The van der Waals surface area contributed by atoms with Crippen molar-refractivity contribution >= 4 is 7.49 Å². The molecule has 0 N–H and O–H groups in total. The largest absolute Gasteiger partial charge is 0.320 e. The third kappa shape index (κ3) is 5.23. The Hall–Kier alpha value is -0.200. The quantitative estimate of drug-likeness (QED) is 0.465. The van der Waals surface area contributed by atoms with E-state index < -0.39 is 7.49 Å². The molecule has 0 aliphatic heterocycles. The van der Waals surface area contributed by atoms with Gasteiger partial charge in [0.1, 0.15) is 6.16 Å². The fraction of sp³-hybridized carbons (Fsp3) is 0.909. The molecule has 4 nitrogen and oxygen atoms in total. The maximum atomic E-state index is 8.67. The van der Waals surface area contributed by atoms with E-state index >= 15 is 0 Å². The van der Waals surface area contributed by atoms with Crippen molar-refractivity contribution in [3.63, 3.8) is 0 Å². The van der Waals surface area contributed by atoms with Gasteiger partial charge in [-0.1, -0.05) is 0 Å². The van der Waals surface area contributed by atoms with Gasteiger partial charge in [-0.3, -0.25) is 0 Å². The fourth-order valence-corrected chi connectivity index (χ4v) is 3.97. The first-order valence-corrected chi connectivity index (χ1v) is 8.15. The van der Waals surface area contributed by atoms with Gasteiger partial charge in [0.25, 0.3) is 0 Å². The second-order valence-electron chi connectivity index (χ2n) is 3.44. The first kappa shape index (κ1) is 15.8. The second-order valence-corrected chi connectivity index (χ2v) is 6.92. The predicted octanol–water partition coefficient (Wildman–Crippen LogP) is 2.86. The summed E-state index contributed by atoms with van der Waals surface area (Å²) in [5, 5.41) is 8.67. The maximum Gasteiger partial charge on any atom is 0.301 e. The molecule has 0 rings (SSSR count). The van der Waals surface area contributed by atoms with Crippen molar-refractivity contribution in [3.05, 3.63) is 0 Å². The zero-order valence-corrected chi connectivity index (χ0v) is 11.6. The summed E-state index contributed by atoms with van der Waals surface area (Å²) >= 11 is 0. The monoisotopic (exact) mass is 248 g/mol. The highest BCUT2D eigenvalue weighted by atomic mass is 31.2. The Morgan fingerprint density at radius 1 is 1.12 bits per heavy atom. The van der Waals surface area contributed by atoms with Gasteiger partial charge in [-0.2, -0.15) is 5.26 Å². The summed E-state index contributed by atoms with van der Waals surface area (Å²) in [7, 11) is -1.80. The SMILES string of the molecule is CCOC(OCC)[P+](C)(CCC#N)OCC. The lowest BCUT2D eigenvalue weighted by atomic mass is 10.6. The molecule has 0 aliphatic rings. The molecule has 1 unspecified atom stereocenters. The van der Waals surface area contributed by atoms with E-state index in [2.05, 4.69) is 6.07 Å². The number of hydrogen-bond donors (Lipinski definition) is 0. The normalized spacial score (nSPS) is 14.8. The van der Waals surface area contributed by atoms with E-state index in [1.165, 1.54) is 0 Å². The lowest BCUT2D eigenvalue weighted by Crippen LogP contribution is -2.24. The molecule has 0 fully saturated rings. The lowest BCUT2D eigenvalue weighted by Gasteiger charge is -2.27. The molecule has 0 bridgehead atoms. The summed E-state index contributed by atoms with van der Waals surface area (Å²) in [6.07, 6.45) is 1.21. The van der Waals surface area contributed by atoms with Crippen LogP contribution in [-0.4, -0.2) is 38.7 Å². The predicted molar refractivity (Wildman–Crippen MR) is 66.6 cm³/mol. The molecule has 0 aromatic rings. The highest BCUT2D eigenvalue weighted by Crippen LogP contribution is 2.61. The third-order valence-electron chi connectivity index (χ3n) is 2.16. The molecule has 0 saturated heterocycles. The van der Waals surface area contributed by atoms with Crippen LogP contribution in [0.3, 0.4) is 0 Å². The number of hydrogen-bond acceptors (Lipinski definition) is 4. The molecule has 0 aromatic heterocycles. The summed E-state index contributed by atoms with van der Waals surface area (Å²) < 4.78 is 17.0. The molecule has 0 radical (unpaired) electrons. The number of ether oxygens (including phenoxy) is 2. The van der Waals surface area contributed by atoms with E-state index in [9.17, 15) is 0 Å². The Bertz CT molecular complexity index is 214. The Morgan fingerprint density at radius 3 is 2.06 bits per heavy atom. The maximum absolute atomic E-state index is 8.67. The van der Waals surface area contributed by atoms with Crippen LogP contribution in [0.2, 0.25) is 0 Å². The Kier molecular flexibility index (Phi) is 8.78. The van der Waals surface area contributed by atoms with Gasteiger partial charge in [0.15, 0.2) is 0 Å². The van der Waals surface area contributed by atoms with Gasteiger partial charge in [-0.15, -0.1) is 0 Å². The molecule has 0 aliphatic carbocycles. The molecule has 94 valence electrons. The lowest BCUT2D eigenvalue weighted by molar-refractivity contribution is -0.0863. The van der Waals surface area contributed by atoms with E-state index in [0.29, 0.717) is 26.2 Å². The topological polar surface area (TPSA) is 51.5 Å². The standard InChI is InChI=1S/C11H23NO3P/c1-5-13-11(14-6-2)16(4,15-7-3)10-8-9-12/h11H,5-8,10H2,1-4H3/q+1. The fourth-order valence-electron chi connectivity index (χ4n) is 1.45. The van der Waals surface area contributed by atoms with Crippen LogP contribution in [0.5, 0.6) is 0 Å². The van der Waals surface area contributed by atoms with Crippen molar-refractivity contribution in [3.8, 4) is 6.07 Å². The van der Waals surface area contributed by atoms with Gasteiger partial charge in [0.2, 0.25) is 7.49 Å². The van der Waals surface area contributed by atoms with Crippen molar-refractivity contribution in [1.82, 2.24) is 0 Å². The highest BCUT2D eigenvalue weighted by Gasteiger charge is 2.45. The van der Waals surface area contributed by atoms with E-state index in [-0.39, 0.29) is 6.03 Å². The number of nitriles is 1. The minimum absolute atomic E-state index is 0.296. The van der Waals surface area contributed by atoms with Gasteiger partial charge >= 0.3 is 6.03 Å². The third-order valence-corrected chi connectivity index (χ3v) is 5.31. The summed E-state index contributed by atoms with van der Waals surface area (Å²) in [6, 6.07) is 1.86. The van der Waals surface area contributed by atoms with Crippen LogP contribution in [0.4, 0.5) is 0 Å². The van der Waals surface area contributed by atoms with Crippen LogP contribution in [0, 0.1) is 11.3 Å². The van der Waals surface area contributed by atoms with Crippen LogP contribution in [0.25, 0.3) is 0 Å². The van der Waals surface area contributed by atoms with Crippen LogP contribution in [0.15, 0.2) is 0 Å². The first-order chi connectivity index (χ1) is 7.64. The Morgan fingerprint density at radius 2 is 1.69 bits per heavy atom. The van der Waals surface area contributed by atoms with Crippen molar-refractivity contribution in [2.24, 2.45) is 0 Å². The summed E-state index contributed by atoms with van der Waals surface area (Å²) in [4.78, 5) is 0. The van der Waals surface area contributed by atoms with E-state index in [0.717, 1.165) is 6.16 Å². The molecule has 16 heavy (non-hydrogen) atoms. The van der Waals surface area contributed by atoms with Crippen LogP contribution in [-0.2, 0) is 14.0 Å². The Labute approximate surface area is 99.3 Å². The highest BCUT2D eigenvalue weighted by molar-refractivity contribution is 7.70. The smallest absolute Gasteiger partial charge is 0.301 e. The van der Waals surface area contributed by atoms with Gasteiger partial charge in [-0.05, 0) is 20.8 Å². The molecule has 0 spiro atoms. The van der Waals surface area contributed by atoms with Crippen LogP contribution >= 0.6 is 7.49 Å². The molecule has 1 atom stereocenters. The first-order valence-electron chi connectivity index (χ1n) is 5.74. The van der Waals surface area contributed by atoms with Crippen LogP contribution in [0.1, 0.15) is 27.2 Å². The molecule has 5 heteroatoms. The molecule has 0 saturated carbocycles. The van der Waals surface area contributed by atoms with Crippen molar-refractivity contribution in [1.29, 1.82) is 5.26 Å². The molecular weight excluding hydrogens is 225 g/mol. The average molecular weight is 248 g/mol. The number of rotatable bonds is 9. The summed E-state index contributed by atoms with van der Waals surface area (Å²) in [5.41, 5.74) is 0. The van der Waals surface area contributed by atoms with Gasteiger partial charge in [0.05, 0.1) is 39.0 Å². The molecule has 0 aromatic carbocycles. The minimum Gasteiger partial charge on any atom is -0.320 e. The summed E-state index contributed by atoms with van der Waals surface area (Å²) in [6.45, 7) is 9.70. The van der Waals surface area contributed by atoms with E-state index in [1.807, 2.05) is 27.4 Å². The zero-order valence-electron chi connectivity index (χ0n) is 10.7.